The molecule has 0 saturated heterocycles. The normalized spacial score (nSPS) is 10.7. The number of ketones is 3. The minimum absolute atomic E-state index is 0. The van der Waals surface area contributed by atoms with Gasteiger partial charge in [0.05, 0.1) is 11.4 Å². The summed E-state index contributed by atoms with van der Waals surface area (Å²) in [7, 11) is 0. The van der Waals surface area contributed by atoms with Crippen LogP contribution < -0.4 is 15.3 Å². The van der Waals surface area contributed by atoms with Crippen LogP contribution in [0, 0.1) is 38.2 Å². The molecule has 0 aliphatic heterocycles. The predicted octanol–water partition coefficient (Wildman–Crippen LogP) is 8.96. The fourth-order valence-electron chi connectivity index (χ4n) is 5.50. The number of pyridine rings is 2. The molecule has 2 heterocycles. The van der Waals surface area contributed by atoms with Gasteiger partial charge in [-0.2, -0.15) is 0 Å². The Morgan fingerprint density at radius 1 is 0.297 bits per heavy atom. The van der Waals surface area contributed by atoms with Crippen LogP contribution in [0.4, 0.5) is 0 Å². The molecule has 8 aromatic rings. The van der Waals surface area contributed by atoms with E-state index in [-0.39, 0.29) is 72.8 Å². The molecule has 0 spiro atoms. The minimum atomic E-state index is -0.264. The summed E-state index contributed by atoms with van der Waals surface area (Å²) in [5, 5.41) is 35.3. The molecule has 64 heavy (non-hydrogen) atoms. The second-order valence-corrected chi connectivity index (χ2v) is 13.2. The van der Waals surface area contributed by atoms with E-state index >= 15 is 0 Å². The van der Waals surface area contributed by atoms with Crippen LogP contribution in [0.25, 0.3) is 28.7 Å². The molecule has 9 heteroatoms. The number of aromatic nitrogens is 2. The van der Waals surface area contributed by atoms with Crippen LogP contribution >= 0.6 is 0 Å². The maximum Gasteiger partial charge on any atom is 3.00 e. The van der Waals surface area contributed by atoms with Gasteiger partial charge >= 0.3 is 38.2 Å². The molecule has 0 N–H and O–H groups in total. The van der Waals surface area contributed by atoms with Gasteiger partial charge in [0.2, 0.25) is 0 Å². The van der Waals surface area contributed by atoms with Crippen molar-refractivity contribution in [3.05, 3.63) is 282 Å². The third-order valence-electron chi connectivity index (χ3n) is 8.73. The average molecular weight is 988 g/mol. The molecule has 2 aromatic heterocycles. The molecule has 8 nitrogen and oxygen atoms in total. The Balaban J connectivity index is 0.000000187. The Kier molecular flexibility index (Phi) is 21.1. The van der Waals surface area contributed by atoms with Gasteiger partial charge in [-0.1, -0.05) is 211 Å². The Bertz CT molecular complexity index is 2420. The van der Waals surface area contributed by atoms with Crippen molar-refractivity contribution in [2.75, 3.05) is 0 Å². The fraction of sp³-hybridized carbons (Fsp3) is 0. The number of benzene rings is 6. The second-order valence-electron chi connectivity index (χ2n) is 13.2. The summed E-state index contributed by atoms with van der Waals surface area (Å²) in [5.41, 5.74) is 4.98. The van der Waals surface area contributed by atoms with Gasteiger partial charge in [-0.25, -0.2) is 0 Å². The van der Waals surface area contributed by atoms with Gasteiger partial charge in [-0.3, -0.25) is 24.4 Å². The molecular formula is C55H41DyN2O6. The number of allylic oxidation sites excluding steroid dienone is 3. The molecule has 0 bridgehead atoms. The third-order valence-corrected chi connectivity index (χ3v) is 8.73. The van der Waals surface area contributed by atoms with Crippen molar-refractivity contribution in [2.24, 2.45) is 0 Å². The van der Waals surface area contributed by atoms with E-state index < -0.39 is 0 Å². The van der Waals surface area contributed by atoms with Crippen LogP contribution in [0.5, 0.6) is 0 Å². The van der Waals surface area contributed by atoms with Crippen molar-refractivity contribution in [3.63, 3.8) is 0 Å². The maximum atomic E-state index is 11.8. The zero-order valence-corrected chi connectivity index (χ0v) is 36.4. The minimum Gasteiger partial charge on any atom is -0.872 e. The molecule has 8 rings (SSSR count). The summed E-state index contributed by atoms with van der Waals surface area (Å²) >= 11 is 0. The van der Waals surface area contributed by atoms with E-state index in [0.29, 0.717) is 33.4 Å². The van der Waals surface area contributed by atoms with E-state index in [1.807, 2.05) is 72.8 Å². The largest absolute Gasteiger partial charge is 3.00 e. The quantitative estimate of drug-likeness (QED) is 0.0750. The van der Waals surface area contributed by atoms with Gasteiger partial charge in [0.1, 0.15) is 0 Å². The first-order chi connectivity index (χ1) is 30.8. The summed E-state index contributed by atoms with van der Waals surface area (Å²) in [6.07, 6.45) is 6.92. The van der Waals surface area contributed by atoms with E-state index in [2.05, 4.69) is 9.97 Å². The van der Waals surface area contributed by atoms with Crippen LogP contribution in [-0.2, 0) is 0 Å². The van der Waals surface area contributed by atoms with Crippen molar-refractivity contribution in [2.45, 2.75) is 0 Å². The summed E-state index contributed by atoms with van der Waals surface area (Å²) in [6, 6.07) is 64.1. The molecule has 0 unspecified atom stereocenters. The third kappa shape index (κ3) is 16.8. The maximum absolute atomic E-state index is 11.8. The number of hydrogen-bond acceptors (Lipinski definition) is 8. The van der Waals surface area contributed by atoms with Gasteiger partial charge in [0, 0.05) is 29.1 Å². The van der Waals surface area contributed by atoms with Gasteiger partial charge in [-0.15, -0.1) is 0 Å². The van der Waals surface area contributed by atoms with Crippen LogP contribution in [-0.4, -0.2) is 27.3 Å². The first kappa shape index (κ1) is 49.2. The Morgan fingerprint density at radius 2 is 0.500 bits per heavy atom. The van der Waals surface area contributed by atoms with Gasteiger partial charge in [-0.05, 0) is 59.2 Å². The number of carbonyl (C=O) groups is 3. The van der Waals surface area contributed by atoms with Crippen LogP contribution in [0.3, 0.4) is 0 Å². The van der Waals surface area contributed by atoms with Crippen LogP contribution in [0.2, 0.25) is 0 Å². The zero-order valence-electron chi connectivity index (χ0n) is 34.3. The number of nitrogens with zero attached hydrogens (tertiary/aromatic N) is 2. The second kappa shape index (κ2) is 27.5. The Hall–Kier alpha value is -7.48. The molecule has 0 aliphatic rings. The van der Waals surface area contributed by atoms with E-state index in [9.17, 15) is 29.7 Å². The van der Waals surface area contributed by atoms with Crippen molar-refractivity contribution in [1.29, 1.82) is 0 Å². The average Bonchev–Trinajstić information content (AvgIpc) is 3.36. The first-order valence-electron chi connectivity index (χ1n) is 19.7. The van der Waals surface area contributed by atoms with Gasteiger partial charge < -0.3 is 15.3 Å². The molecule has 0 amide bonds. The summed E-state index contributed by atoms with van der Waals surface area (Å²) in [4.78, 5) is 43.6. The Labute approximate surface area is 403 Å². The van der Waals surface area contributed by atoms with E-state index in [1.54, 1.807) is 158 Å². The molecule has 1 radical (unpaired) electrons. The fourth-order valence-corrected chi connectivity index (χ4v) is 5.50. The topological polar surface area (TPSA) is 146 Å². The van der Waals surface area contributed by atoms with Crippen molar-refractivity contribution < 1.29 is 67.9 Å². The Morgan fingerprint density at radius 3 is 0.703 bits per heavy atom. The number of carbonyl (C=O) groups excluding carboxylic acids is 3. The van der Waals surface area contributed by atoms with Gasteiger partial charge in [0.25, 0.3) is 0 Å². The predicted molar refractivity (Wildman–Crippen MR) is 243 cm³/mol. The number of rotatable bonds is 10. The summed E-state index contributed by atoms with van der Waals surface area (Å²) in [6.45, 7) is 0. The van der Waals surface area contributed by atoms with Crippen LogP contribution in [0.15, 0.2) is 249 Å². The molecule has 0 fully saturated rings. The van der Waals surface area contributed by atoms with Crippen molar-refractivity contribution in [3.8, 4) is 11.4 Å². The SMILES string of the molecule is O=C(/C=C(\[O-])c1ccccc1)c1ccccc1.O=C(/C=C(\[O-])c1ccccc1)c1ccccc1.O=C(/C=C(\[O-])c1ccccc1)c1ccccc1.[Dy+3].c1ccc(-c2ccccn2)nc1. The monoisotopic (exact) mass is 989 g/mol. The van der Waals surface area contributed by atoms with Crippen molar-refractivity contribution >= 4 is 34.6 Å². The molecule has 0 atom stereocenters. The zero-order chi connectivity index (χ0) is 44.5. The van der Waals surface area contributed by atoms with Gasteiger partial charge in [0.15, 0.2) is 17.3 Å². The summed E-state index contributed by atoms with van der Waals surface area (Å²) in [5.74, 6) is -1.59. The van der Waals surface area contributed by atoms with Crippen molar-refractivity contribution in [1.82, 2.24) is 9.97 Å². The molecular weight excluding hydrogens is 947 g/mol. The smallest absolute Gasteiger partial charge is 0.872 e. The molecule has 317 valence electrons. The van der Waals surface area contributed by atoms with E-state index in [1.165, 1.54) is 0 Å². The molecule has 0 aliphatic carbocycles. The van der Waals surface area contributed by atoms with E-state index in [0.717, 1.165) is 29.6 Å². The molecule has 6 aromatic carbocycles. The van der Waals surface area contributed by atoms with Crippen LogP contribution in [0.1, 0.15) is 47.8 Å². The number of hydrogen-bond donors (Lipinski definition) is 0. The first-order valence-corrected chi connectivity index (χ1v) is 19.7. The standard InChI is InChI=1S/3C15H12O2.C10H8N2.Dy/c3*16-14(12-7-3-1-4-8-12)11-15(17)13-9-5-2-6-10-13;1-3-7-11-9(5-1)10-6-2-4-8-12-10;/h3*1-11,16H;1-8H;/q;;;;+3/p-3/b3*14-11-;;. The molecule has 0 saturated carbocycles. The van der Waals surface area contributed by atoms with E-state index in [4.69, 9.17) is 0 Å². The summed E-state index contributed by atoms with van der Waals surface area (Å²) < 4.78 is 0.